The summed E-state index contributed by atoms with van der Waals surface area (Å²) in [7, 11) is 1.66. The van der Waals surface area contributed by atoms with Gasteiger partial charge in [-0.1, -0.05) is 36.4 Å². The van der Waals surface area contributed by atoms with Gasteiger partial charge in [0.25, 0.3) is 0 Å². The summed E-state index contributed by atoms with van der Waals surface area (Å²) in [4.78, 5) is 0. The van der Waals surface area contributed by atoms with Gasteiger partial charge in [0.1, 0.15) is 24.1 Å². The van der Waals surface area contributed by atoms with E-state index in [9.17, 15) is 0 Å². The van der Waals surface area contributed by atoms with Crippen molar-refractivity contribution in [1.29, 1.82) is 0 Å². The molecule has 32 heavy (non-hydrogen) atoms. The van der Waals surface area contributed by atoms with Crippen LogP contribution in [0.3, 0.4) is 0 Å². The van der Waals surface area contributed by atoms with Gasteiger partial charge in [-0.15, -0.1) is 26.3 Å². The molecule has 1 saturated heterocycles. The number of hydrogen-bond donors (Lipinski definition) is 0. The van der Waals surface area contributed by atoms with E-state index in [0.29, 0.717) is 32.7 Å². The summed E-state index contributed by atoms with van der Waals surface area (Å²) in [5.74, 6) is 0.813. The Bertz CT molecular complexity index is 699. The maximum atomic E-state index is 6.48. The highest BCUT2D eigenvalue weighted by Gasteiger charge is 2.47. The highest BCUT2D eigenvalue weighted by Crippen LogP contribution is 2.32. The number of methoxy groups -OCH3 is 1. The lowest BCUT2D eigenvalue weighted by Gasteiger charge is -2.46. The summed E-state index contributed by atoms with van der Waals surface area (Å²) in [5, 5.41) is 0. The fraction of sp³-hybridized carbons (Fsp3) is 0.481. The molecule has 1 aromatic rings. The van der Waals surface area contributed by atoms with E-state index in [1.165, 1.54) is 0 Å². The van der Waals surface area contributed by atoms with E-state index in [1.54, 1.807) is 13.2 Å². The van der Waals surface area contributed by atoms with Gasteiger partial charge in [0, 0.05) is 6.61 Å². The van der Waals surface area contributed by atoms with Crippen molar-refractivity contribution in [2.45, 2.75) is 62.8 Å². The van der Waals surface area contributed by atoms with E-state index in [4.69, 9.17) is 23.7 Å². The van der Waals surface area contributed by atoms with Crippen LogP contribution in [-0.2, 0) is 25.6 Å². The van der Waals surface area contributed by atoms with E-state index in [-0.39, 0.29) is 30.5 Å². The van der Waals surface area contributed by atoms with Crippen LogP contribution in [0.1, 0.15) is 31.2 Å². The van der Waals surface area contributed by atoms with Crippen molar-refractivity contribution in [2.75, 3.05) is 20.3 Å². The summed E-state index contributed by atoms with van der Waals surface area (Å²) in [6.45, 7) is 16.8. The number of unbranched alkanes of at least 4 members (excludes halogenated alkanes) is 1. The van der Waals surface area contributed by atoms with Crippen LogP contribution >= 0.6 is 0 Å². The first kappa shape index (κ1) is 26.1. The van der Waals surface area contributed by atoms with Crippen LogP contribution in [0.5, 0.6) is 5.75 Å². The molecule has 0 spiro atoms. The molecule has 0 N–H and O–H groups in total. The SMILES string of the molecule is C=CCCCO[C@H]1[C@H](OCc2ccc(OC)cc2)[C@@H](OCC=C)[C@H](CC=C)O[C@@H]1CC=C. The maximum Gasteiger partial charge on any atom is 0.118 e. The quantitative estimate of drug-likeness (QED) is 0.253. The van der Waals surface area contributed by atoms with E-state index in [2.05, 4.69) is 26.3 Å². The van der Waals surface area contributed by atoms with Crippen LogP contribution in [0, 0.1) is 0 Å². The van der Waals surface area contributed by atoms with E-state index in [1.807, 2.05) is 42.5 Å². The molecular weight excluding hydrogens is 404 g/mol. The molecule has 176 valence electrons. The maximum absolute atomic E-state index is 6.48. The molecule has 0 bridgehead atoms. The van der Waals surface area contributed by atoms with Crippen LogP contribution in [0.4, 0.5) is 0 Å². The Labute approximate surface area is 193 Å². The minimum Gasteiger partial charge on any atom is -0.497 e. The summed E-state index contributed by atoms with van der Waals surface area (Å²) in [6.07, 6.45) is 9.18. The fourth-order valence-corrected chi connectivity index (χ4v) is 3.83. The van der Waals surface area contributed by atoms with Crippen molar-refractivity contribution in [3.05, 3.63) is 80.4 Å². The van der Waals surface area contributed by atoms with Gasteiger partial charge in [0.05, 0.1) is 32.5 Å². The Morgan fingerprint density at radius 3 is 2.03 bits per heavy atom. The first-order chi connectivity index (χ1) is 15.7. The normalized spacial score (nSPS) is 25.1. The Balaban J connectivity index is 2.26. The molecular formula is C27H38O5. The van der Waals surface area contributed by atoms with Gasteiger partial charge < -0.3 is 23.7 Å². The topological polar surface area (TPSA) is 46.2 Å². The highest BCUT2D eigenvalue weighted by molar-refractivity contribution is 5.26. The van der Waals surface area contributed by atoms with Crippen molar-refractivity contribution in [1.82, 2.24) is 0 Å². The third-order valence-corrected chi connectivity index (χ3v) is 5.40. The predicted octanol–water partition coefficient (Wildman–Crippen LogP) is 5.42. The molecule has 5 atom stereocenters. The number of ether oxygens (including phenoxy) is 5. The molecule has 5 nitrogen and oxygen atoms in total. The summed E-state index contributed by atoms with van der Waals surface area (Å²) in [5.41, 5.74) is 1.05. The minimum atomic E-state index is -0.315. The molecule has 0 amide bonds. The average Bonchev–Trinajstić information content (AvgIpc) is 2.81. The lowest BCUT2D eigenvalue weighted by Crippen LogP contribution is -2.60. The zero-order chi connectivity index (χ0) is 23.2. The van der Waals surface area contributed by atoms with Crippen LogP contribution in [0.15, 0.2) is 74.9 Å². The van der Waals surface area contributed by atoms with E-state index >= 15 is 0 Å². The van der Waals surface area contributed by atoms with Crippen LogP contribution in [0.2, 0.25) is 0 Å². The summed E-state index contributed by atoms with van der Waals surface area (Å²) in [6, 6.07) is 7.86. The second kappa shape index (κ2) is 14.8. The van der Waals surface area contributed by atoms with Crippen molar-refractivity contribution in [3.8, 4) is 5.75 Å². The number of hydrogen-bond acceptors (Lipinski definition) is 5. The lowest BCUT2D eigenvalue weighted by atomic mass is 9.91. The molecule has 0 unspecified atom stereocenters. The molecule has 0 aliphatic carbocycles. The number of allylic oxidation sites excluding steroid dienone is 1. The summed E-state index contributed by atoms with van der Waals surface area (Å²) < 4.78 is 30.6. The van der Waals surface area contributed by atoms with Gasteiger partial charge >= 0.3 is 0 Å². The molecule has 1 fully saturated rings. The van der Waals surface area contributed by atoms with Gasteiger partial charge in [-0.25, -0.2) is 0 Å². The third-order valence-electron chi connectivity index (χ3n) is 5.40. The Hall–Kier alpha value is -2.18. The molecule has 5 heteroatoms. The Kier molecular flexibility index (Phi) is 12.1. The van der Waals surface area contributed by atoms with E-state index < -0.39 is 0 Å². The van der Waals surface area contributed by atoms with Gasteiger partial charge in [-0.3, -0.25) is 0 Å². The van der Waals surface area contributed by atoms with Crippen molar-refractivity contribution < 1.29 is 23.7 Å². The van der Waals surface area contributed by atoms with Gasteiger partial charge in [-0.05, 0) is 43.4 Å². The van der Waals surface area contributed by atoms with Crippen LogP contribution in [0.25, 0.3) is 0 Å². The molecule has 1 aliphatic rings. The number of rotatable bonds is 16. The molecule has 0 radical (unpaired) electrons. The highest BCUT2D eigenvalue weighted by atomic mass is 16.6. The Morgan fingerprint density at radius 1 is 0.812 bits per heavy atom. The predicted molar refractivity (Wildman–Crippen MR) is 129 cm³/mol. The van der Waals surface area contributed by atoms with Crippen LogP contribution < -0.4 is 4.74 Å². The smallest absolute Gasteiger partial charge is 0.118 e. The summed E-state index contributed by atoms with van der Waals surface area (Å²) >= 11 is 0. The van der Waals surface area contributed by atoms with E-state index in [0.717, 1.165) is 24.2 Å². The molecule has 1 aliphatic heterocycles. The fourth-order valence-electron chi connectivity index (χ4n) is 3.83. The standard InChI is InChI=1S/C27H38O5/c1-6-10-11-19-30-26-24(13-8-3)32-23(12-7-2)25(29-18-9-4)27(26)31-20-21-14-16-22(28-5)17-15-21/h6-9,14-17,23-27H,1-4,10-13,18-20H2,5H3/t23-,24+,25-,26+,27+/m0/s1. The molecule has 1 aromatic carbocycles. The zero-order valence-electron chi connectivity index (χ0n) is 19.3. The van der Waals surface area contributed by atoms with Crippen molar-refractivity contribution >= 4 is 0 Å². The first-order valence-corrected chi connectivity index (χ1v) is 11.2. The number of benzene rings is 1. The molecule has 2 rings (SSSR count). The molecule has 0 saturated carbocycles. The van der Waals surface area contributed by atoms with Gasteiger partial charge in [0.15, 0.2) is 0 Å². The molecule has 1 heterocycles. The second-order valence-corrected chi connectivity index (χ2v) is 7.74. The second-order valence-electron chi connectivity index (χ2n) is 7.74. The Morgan fingerprint density at radius 2 is 1.47 bits per heavy atom. The van der Waals surface area contributed by atoms with Crippen LogP contribution in [-0.4, -0.2) is 50.8 Å². The zero-order valence-corrected chi connectivity index (χ0v) is 19.3. The molecule has 0 aromatic heterocycles. The minimum absolute atomic E-state index is 0.175. The first-order valence-electron chi connectivity index (χ1n) is 11.2. The van der Waals surface area contributed by atoms with Gasteiger partial charge in [0.2, 0.25) is 0 Å². The largest absolute Gasteiger partial charge is 0.497 e. The van der Waals surface area contributed by atoms with Crippen molar-refractivity contribution in [3.63, 3.8) is 0 Å². The van der Waals surface area contributed by atoms with Crippen molar-refractivity contribution in [2.24, 2.45) is 0 Å². The lowest BCUT2D eigenvalue weighted by molar-refractivity contribution is -0.257. The van der Waals surface area contributed by atoms with Gasteiger partial charge in [-0.2, -0.15) is 0 Å². The average molecular weight is 443 g/mol. The third kappa shape index (κ3) is 7.75. The monoisotopic (exact) mass is 442 g/mol.